The van der Waals surface area contributed by atoms with E-state index in [9.17, 15) is 0 Å². The summed E-state index contributed by atoms with van der Waals surface area (Å²) in [6.07, 6.45) is 4.11. The average Bonchev–Trinajstić information content (AvgIpc) is 2.48. The maximum Gasteiger partial charge on any atom is 0.0525 e. The van der Waals surface area contributed by atoms with Gasteiger partial charge >= 0.3 is 0 Å². The van der Waals surface area contributed by atoms with Crippen LogP contribution in [0.1, 0.15) is 53.9 Å². The van der Waals surface area contributed by atoms with Crippen LogP contribution in [-0.2, 0) is 0 Å². The number of nitrogens with zero attached hydrogens (tertiary/aromatic N) is 3. The summed E-state index contributed by atoms with van der Waals surface area (Å²) in [5.74, 6) is 0. The van der Waals surface area contributed by atoms with E-state index < -0.39 is 0 Å². The molecule has 3 heteroatoms. The summed E-state index contributed by atoms with van der Waals surface area (Å²) in [7, 11) is 0. The molecule has 3 nitrogen and oxygen atoms in total. The highest BCUT2D eigenvalue weighted by Crippen LogP contribution is 2.26. The van der Waals surface area contributed by atoms with Gasteiger partial charge in [0.25, 0.3) is 0 Å². The van der Waals surface area contributed by atoms with E-state index in [2.05, 4.69) is 49.3 Å². The van der Waals surface area contributed by atoms with Gasteiger partial charge in [0.2, 0.25) is 0 Å². The Morgan fingerprint density at radius 1 is 1.00 bits per heavy atom. The van der Waals surface area contributed by atoms with Gasteiger partial charge in [-0.1, -0.05) is 0 Å². The van der Waals surface area contributed by atoms with Gasteiger partial charge in [-0.3, -0.25) is 14.7 Å². The lowest BCUT2D eigenvalue weighted by molar-refractivity contribution is -0.0225. The van der Waals surface area contributed by atoms with Crippen molar-refractivity contribution in [1.29, 1.82) is 0 Å². The molecule has 0 saturated carbocycles. The molecule has 2 rings (SSSR count). The predicted octanol–water partition coefficient (Wildman–Crippen LogP) is 2.58. The molecule has 0 N–H and O–H groups in total. The molecule has 0 bridgehead atoms. The van der Waals surface area contributed by atoms with Gasteiger partial charge in [0.1, 0.15) is 0 Å². The van der Waals surface area contributed by atoms with E-state index in [1.165, 1.54) is 32.4 Å². The van der Waals surface area contributed by atoms with E-state index in [-0.39, 0.29) is 0 Å². The molecule has 0 amide bonds. The second-order valence-corrected chi connectivity index (χ2v) is 7.30. The highest BCUT2D eigenvalue weighted by molar-refractivity contribution is 4.86. The van der Waals surface area contributed by atoms with Gasteiger partial charge in [0, 0.05) is 24.2 Å². The van der Waals surface area contributed by atoms with Gasteiger partial charge < -0.3 is 0 Å². The van der Waals surface area contributed by atoms with Crippen LogP contribution in [0, 0.1) is 0 Å². The lowest BCUT2D eigenvalue weighted by Gasteiger charge is -2.45. The van der Waals surface area contributed by atoms with E-state index in [0.29, 0.717) is 11.6 Å². The van der Waals surface area contributed by atoms with Crippen molar-refractivity contribution in [2.45, 2.75) is 71.5 Å². The second kappa shape index (κ2) is 5.48. The van der Waals surface area contributed by atoms with E-state index in [1.807, 2.05) is 0 Å². The summed E-state index contributed by atoms with van der Waals surface area (Å²) in [4.78, 5) is 7.97. The Morgan fingerprint density at radius 3 is 2.33 bits per heavy atom. The number of hydrogen-bond donors (Lipinski definition) is 0. The van der Waals surface area contributed by atoms with Crippen LogP contribution in [0.5, 0.6) is 0 Å². The number of fused-ring (bicyclic) bond motifs is 1. The van der Waals surface area contributed by atoms with Crippen LogP contribution < -0.4 is 0 Å². The zero-order valence-corrected chi connectivity index (χ0v) is 12.9. The van der Waals surface area contributed by atoms with Crippen molar-refractivity contribution >= 4 is 0 Å². The molecule has 2 saturated heterocycles. The minimum atomic E-state index is 0.301. The molecule has 1 unspecified atom stereocenters. The molecule has 0 aromatic heterocycles. The lowest BCUT2D eigenvalue weighted by Crippen LogP contribution is -2.56. The molecule has 0 aromatic carbocycles. The predicted molar refractivity (Wildman–Crippen MR) is 77.5 cm³/mol. The highest BCUT2D eigenvalue weighted by atomic mass is 15.4. The van der Waals surface area contributed by atoms with Gasteiger partial charge in [0.15, 0.2) is 0 Å². The van der Waals surface area contributed by atoms with E-state index in [0.717, 1.165) is 19.4 Å². The third-order valence-corrected chi connectivity index (χ3v) is 4.63. The molecule has 18 heavy (non-hydrogen) atoms. The fraction of sp³-hybridized carbons (Fsp3) is 1.00. The first-order valence-corrected chi connectivity index (χ1v) is 7.61. The summed E-state index contributed by atoms with van der Waals surface area (Å²) in [5, 5.41) is 0. The smallest absolute Gasteiger partial charge is 0.0525 e. The van der Waals surface area contributed by atoms with Crippen molar-refractivity contribution in [2.75, 3.05) is 26.4 Å². The minimum Gasteiger partial charge on any atom is -0.288 e. The van der Waals surface area contributed by atoms with E-state index >= 15 is 0 Å². The summed E-state index contributed by atoms with van der Waals surface area (Å²) in [5.41, 5.74) is 0.301. The minimum absolute atomic E-state index is 0.301. The SMILES string of the molecule is CC(C)N1CCC2CCCN(C(C)(C)C)CN2C1. The van der Waals surface area contributed by atoms with Crippen molar-refractivity contribution in [3.8, 4) is 0 Å². The number of hydrogen-bond acceptors (Lipinski definition) is 3. The molecule has 2 fully saturated rings. The molecule has 0 spiro atoms. The monoisotopic (exact) mass is 253 g/mol. The zero-order chi connectivity index (χ0) is 13.3. The van der Waals surface area contributed by atoms with Crippen LogP contribution in [0.25, 0.3) is 0 Å². The third kappa shape index (κ3) is 3.25. The standard InChI is InChI=1S/C15H31N3/c1-13(2)16-10-8-14-7-6-9-18(15(3,4)5)12-17(14)11-16/h13-14H,6-12H2,1-5H3. The second-order valence-electron chi connectivity index (χ2n) is 7.30. The van der Waals surface area contributed by atoms with Crippen molar-refractivity contribution in [2.24, 2.45) is 0 Å². The molecule has 0 aromatic rings. The normalized spacial score (nSPS) is 29.3. The summed E-state index contributed by atoms with van der Waals surface area (Å²) in [6.45, 7) is 16.5. The third-order valence-electron chi connectivity index (χ3n) is 4.63. The Bertz CT molecular complexity index is 269. The van der Waals surface area contributed by atoms with Crippen LogP contribution >= 0.6 is 0 Å². The zero-order valence-electron chi connectivity index (χ0n) is 12.9. The maximum absolute atomic E-state index is 2.71. The summed E-state index contributed by atoms with van der Waals surface area (Å²) < 4.78 is 0. The molecule has 2 aliphatic heterocycles. The Balaban J connectivity index is 2.03. The molecule has 0 radical (unpaired) electrons. The molecular weight excluding hydrogens is 222 g/mol. The fourth-order valence-corrected chi connectivity index (χ4v) is 3.18. The average molecular weight is 253 g/mol. The van der Waals surface area contributed by atoms with Crippen LogP contribution in [-0.4, -0.2) is 58.7 Å². The van der Waals surface area contributed by atoms with Gasteiger partial charge in [-0.05, 0) is 60.4 Å². The van der Waals surface area contributed by atoms with Crippen molar-refractivity contribution < 1.29 is 0 Å². The molecular formula is C15H31N3. The fourth-order valence-electron chi connectivity index (χ4n) is 3.18. The van der Waals surface area contributed by atoms with Crippen LogP contribution in [0.3, 0.4) is 0 Å². The van der Waals surface area contributed by atoms with Crippen molar-refractivity contribution in [3.63, 3.8) is 0 Å². The summed E-state index contributed by atoms with van der Waals surface area (Å²) in [6, 6.07) is 1.50. The lowest BCUT2D eigenvalue weighted by atomic mass is 10.0. The van der Waals surface area contributed by atoms with Gasteiger partial charge in [-0.15, -0.1) is 0 Å². The van der Waals surface area contributed by atoms with Crippen LogP contribution in [0.15, 0.2) is 0 Å². The first-order chi connectivity index (χ1) is 8.38. The first kappa shape index (κ1) is 14.3. The van der Waals surface area contributed by atoms with Gasteiger partial charge in [0.05, 0.1) is 13.3 Å². The maximum atomic E-state index is 2.71. The van der Waals surface area contributed by atoms with E-state index in [1.54, 1.807) is 0 Å². The number of rotatable bonds is 1. The molecule has 106 valence electrons. The molecule has 2 heterocycles. The van der Waals surface area contributed by atoms with Gasteiger partial charge in [-0.2, -0.15) is 0 Å². The molecule has 2 aliphatic rings. The van der Waals surface area contributed by atoms with Crippen molar-refractivity contribution in [1.82, 2.24) is 14.7 Å². The van der Waals surface area contributed by atoms with Crippen LogP contribution in [0.4, 0.5) is 0 Å². The molecule has 1 atom stereocenters. The Morgan fingerprint density at radius 2 is 1.72 bits per heavy atom. The first-order valence-electron chi connectivity index (χ1n) is 7.61. The highest BCUT2D eigenvalue weighted by Gasteiger charge is 2.33. The topological polar surface area (TPSA) is 9.72 Å². The van der Waals surface area contributed by atoms with E-state index in [4.69, 9.17) is 0 Å². The largest absolute Gasteiger partial charge is 0.288 e. The Kier molecular flexibility index (Phi) is 4.35. The van der Waals surface area contributed by atoms with Crippen LogP contribution in [0.2, 0.25) is 0 Å². The van der Waals surface area contributed by atoms with Crippen molar-refractivity contribution in [3.05, 3.63) is 0 Å². The van der Waals surface area contributed by atoms with Gasteiger partial charge in [-0.25, -0.2) is 0 Å². The summed E-state index contributed by atoms with van der Waals surface area (Å²) >= 11 is 0. The quantitative estimate of drug-likeness (QED) is 0.711. The molecule has 0 aliphatic carbocycles. The Hall–Kier alpha value is -0.120. The Labute approximate surface area is 113 Å².